The van der Waals surface area contributed by atoms with Crippen LogP contribution in [-0.4, -0.2) is 0 Å². The van der Waals surface area contributed by atoms with E-state index in [9.17, 15) is 0 Å². The molecule has 11 aromatic heterocycles. The molecule has 3 atom stereocenters. The number of hydrogen-bond acceptors (Lipinski definition) is 11. The predicted octanol–water partition coefficient (Wildman–Crippen LogP) is 43.7. The maximum atomic E-state index is 5.81. The zero-order valence-corrected chi connectivity index (χ0v) is 98.1. The third-order valence-corrected chi connectivity index (χ3v) is 31.9. The van der Waals surface area contributed by atoms with Crippen LogP contribution in [0.15, 0.2) is 199 Å². The topological polar surface area (TPSA) is 0 Å². The molecule has 130 heavy (non-hydrogen) atoms. The number of hydrogen-bond donors (Lipinski definition) is 0. The number of thiophene rings is 11. The molecule has 0 nitrogen and oxygen atoms in total. The molecule has 0 fully saturated rings. The van der Waals surface area contributed by atoms with Crippen LogP contribution in [0.25, 0.3) is 30.3 Å². The van der Waals surface area contributed by atoms with Crippen LogP contribution in [0.5, 0.6) is 0 Å². The van der Waals surface area contributed by atoms with E-state index in [0.717, 1.165) is 17.2 Å². The van der Waals surface area contributed by atoms with Crippen molar-refractivity contribution in [3.63, 3.8) is 0 Å². The molecule has 0 spiro atoms. The van der Waals surface area contributed by atoms with E-state index < -0.39 is 0 Å². The van der Waals surface area contributed by atoms with Gasteiger partial charge in [0, 0.05) is 53.1 Å². The Morgan fingerprint density at radius 1 is 0.277 bits per heavy atom. The molecule has 0 saturated carbocycles. The normalized spacial score (nSPS) is 12.8. The van der Waals surface area contributed by atoms with Gasteiger partial charge >= 0.3 is 0 Å². The fourth-order valence-corrected chi connectivity index (χ4v) is 24.7. The number of halogens is 1. The Morgan fingerprint density at radius 3 is 1.07 bits per heavy atom. The van der Waals surface area contributed by atoms with Crippen molar-refractivity contribution >= 4 is 167 Å². The summed E-state index contributed by atoms with van der Waals surface area (Å²) in [5.74, 6) is 1.94. The second kappa shape index (κ2) is 52.8. The van der Waals surface area contributed by atoms with Crippen LogP contribution in [0, 0.1) is 87.3 Å². The van der Waals surface area contributed by atoms with Gasteiger partial charge in [0.1, 0.15) is 0 Å². The molecule has 3 unspecified atom stereocenters. The van der Waals surface area contributed by atoms with Crippen LogP contribution in [-0.2, 0) is 51.4 Å². The lowest BCUT2D eigenvalue weighted by Gasteiger charge is -2.26. The Balaban J connectivity index is 0.000000300. The fourth-order valence-electron chi connectivity index (χ4n) is 13.6. The Bertz CT molecular complexity index is 5010. The first-order valence-electron chi connectivity index (χ1n) is 46.9. The van der Waals surface area contributed by atoms with Gasteiger partial charge in [0.25, 0.3) is 0 Å². The summed E-state index contributed by atoms with van der Waals surface area (Å²) in [5.41, 5.74) is 14.6. The van der Waals surface area contributed by atoms with Crippen molar-refractivity contribution in [2.45, 2.75) is 346 Å². The molecule has 0 aliphatic heterocycles. The van der Waals surface area contributed by atoms with E-state index in [1.165, 1.54) is 147 Å². The van der Waals surface area contributed by atoms with Crippen LogP contribution in [0.2, 0.25) is 4.34 Å². The van der Waals surface area contributed by atoms with E-state index in [2.05, 4.69) is 476 Å². The Morgan fingerprint density at radius 2 is 0.692 bits per heavy atom. The second-order valence-electron chi connectivity index (χ2n) is 48.5. The van der Waals surface area contributed by atoms with E-state index in [-0.39, 0.29) is 0 Å². The zero-order valence-electron chi connectivity index (χ0n) is 88.4. The average molecular weight is 1980 g/mol. The van der Waals surface area contributed by atoms with Gasteiger partial charge in [-0.2, -0.15) is 34.0 Å². The summed E-state index contributed by atoms with van der Waals surface area (Å²) in [6.45, 7) is 90.9. The van der Waals surface area contributed by atoms with Gasteiger partial charge in [0.05, 0.1) is 4.34 Å². The molecular weight excluding hydrogens is 1810 g/mol. The van der Waals surface area contributed by atoms with E-state index in [0.29, 0.717) is 77.3 Å². The maximum absolute atomic E-state index is 5.81. The van der Waals surface area contributed by atoms with Gasteiger partial charge in [-0.15, -0.1) is 90.7 Å². The highest BCUT2D eigenvalue weighted by atomic mass is 35.5. The molecule has 12 heteroatoms. The monoisotopic (exact) mass is 1980 g/mol. The third kappa shape index (κ3) is 51.0. The Hall–Kier alpha value is -4.57. The summed E-state index contributed by atoms with van der Waals surface area (Å²) in [7, 11) is 0. The van der Waals surface area contributed by atoms with Crippen LogP contribution in [0.1, 0.15) is 345 Å². The molecule has 14 aromatic rings. The van der Waals surface area contributed by atoms with Crippen LogP contribution < -0.4 is 0 Å². The largest absolute Gasteiger partial charge is 0.152 e. The molecule has 14 rings (SSSR count). The lowest BCUT2D eigenvalue weighted by molar-refractivity contribution is 0.340. The van der Waals surface area contributed by atoms with Gasteiger partial charge in [-0.3, -0.25) is 0 Å². The van der Waals surface area contributed by atoms with Gasteiger partial charge < -0.3 is 0 Å². The number of benzene rings is 3. The summed E-state index contributed by atoms with van der Waals surface area (Å²) in [4.78, 5) is 11.8. The average Bonchev–Trinajstić information content (AvgIpc) is 1.68. The van der Waals surface area contributed by atoms with E-state index >= 15 is 0 Å². The third-order valence-electron chi connectivity index (χ3n) is 21.2. The highest BCUT2D eigenvalue weighted by Gasteiger charge is 2.26. The van der Waals surface area contributed by atoms with Gasteiger partial charge in [0.15, 0.2) is 0 Å². The molecule has 0 aliphatic rings. The van der Waals surface area contributed by atoms with Crippen molar-refractivity contribution in [2.24, 2.45) is 59.6 Å². The summed E-state index contributed by atoms with van der Waals surface area (Å²) in [6.07, 6.45) is 9.43. The lowest BCUT2D eigenvalue weighted by Crippen LogP contribution is -2.14. The van der Waals surface area contributed by atoms with Gasteiger partial charge in [-0.1, -0.05) is 322 Å². The first-order chi connectivity index (χ1) is 59.6. The number of aryl methyl sites for hydroxylation is 4. The van der Waals surface area contributed by atoms with Crippen molar-refractivity contribution in [2.75, 3.05) is 0 Å². The quantitative estimate of drug-likeness (QED) is 0.121. The van der Waals surface area contributed by atoms with Crippen LogP contribution in [0.3, 0.4) is 0 Å². The smallest absolute Gasteiger partial charge is 0.0931 e. The molecule has 0 N–H and O–H groups in total. The lowest BCUT2D eigenvalue weighted by atomic mass is 9.79. The highest BCUT2D eigenvalue weighted by Crippen LogP contribution is 2.42. The van der Waals surface area contributed by atoms with Crippen LogP contribution >= 0.6 is 136 Å². The molecule has 3 aromatic carbocycles. The number of rotatable bonds is 11. The molecule has 718 valence electrons. The number of fused-ring (bicyclic) bond motifs is 3. The minimum Gasteiger partial charge on any atom is -0.152 e. The SMILES string of the molecule is CC(C)(C)Cc1cc2ccccc2s1.CC(C)(C)Cc1cccs1.CC(C)(C)Cc1ccsc1.CC(C)(C)Cc1csc(Cl)c1.CC(C)(C)Cc1csc2ccccc12.CC(c1cc2ccccc2s1)C(C)(C)C.CC(c1ccsc1)C(C)(C)C.CC(c1ccsc1)C(C)(C)C.Cc1cc(CC(C)(C)C)cs1.Cc1cc(CC(C)(C)C)sc1C.Cc1ccc(CC(C)(C)C)s1. The van der Waals surface area contributed by atoms with Crippen molar-refractivity contribution in [1.29, 1.82) is 0 Å². The standard InChI is InChI=1S/C14H18S.2C13H16S.C11H18S.4C10H16S.C9H13ClS.2C9H14S/c1-10(14(2,3)4)13-9-11-7-5-6-8-12(11)15-13;1-13(2,3)8-10-9-14-12-7-5-4-6-11(10)12;1-13(2,3)9-11-8-10-6-4-5-7-12(10)14-11;1-8-6-10(12-9(8)2)7-11(3,4)5;1-8-5-9(7-11-8)6-10(2,3)4;2*1-8(10(2,3)4)9-5-6-11-7-9;1-8-5-6-9(11-8)7-10(2,3)4;1-9(2,3)5-7-4-8(10)11-6-7;1-9(2,3)6-8-4-5-10-7-8;1-9(2,3)7-8-5-4-6-10-8/h5-10H,1-4H3;4-7,9H,8H2,1-3H3;4-8H,9H2,1-3H3;6H,7H2,1-5H3;5,7H,6H2,1-4H3;2*5-8H,1-4H3;5-6H,7H2,1-4H3;4,6H,5H2,1-3H3;4-5,7H,6H2,1-3H3;4-6H,7H2,1-3H3. The summed E-state index contributed by atoms with van der Waals surface area (Å²) in [5, 5.41) is 26.2. The molecule has 0 aliphatic carbocycles. The first-order valence-corrected chi connectivity index (χ1v) is 56.9. The molecule has 0 radical (unpaired) electrons. The summed E-state index contributed by atoms with van der Waals surface area (Å²) < 4.78 is 5.12. The van der Waals surface area contributed by atoms with Crippen molar-refractivity contribution in [3.05, 3.63) is 282 Å². The molecule has 0 bridgehead atoms. The van der Waals surface area contributed by atoms with Crippen molar-refractivity contribution in [1.82, 2.24) is 0 Å². The van der Waals surface area contributed by atoms with Gasteiger partial charge in [-0.05, 0) is 350 Å². The van der Waals surface area contributed by atoms with E-state index in [4.69, 9.17) is 11.6 Å². The molecule has 0 amide bonds. The molecule has 0 saturated heterocycles. The first kappa shape index (κ1) is 118. The molecular formula is C118H173ClS11. The minimum absolute atomic E-state index is 0.348. The van der Waals surface area contributed by atoms with Crippen molar-refractivity contribution in [3.8, 4) is 0 Å². The summed E-state index contributed by atoms with van der Waals surface area (Å²) >= 11 is 26.0. The minimum atomic E-state index is 0.348. The van der Waals surface area contributed by atoms with Crippen LogP contribution in [0.4, 0.5) is 0 Å². The zero-order chi connectivity index (χ0) is 98.4. The van der Waals surface area contributed by atoms with E-state index in [1.54, 1.807) is 45.3 Å². The second-order valence-corrected chi connectivity index (χ2v) is 60.4. The Labute approximate surface area is 845 Å². The Kier molecular flexibility index (Phi) is 47.8. The summed E-state index contributed by atoms with van der Waals surface area (Å²) in [6, 6.07) is 52.7. The molecule has 11 heterocycles. The maximum Gasteiger partial charge on any atom is 0.0931 e. The van der Waals surface area contributed by atoms with Gasteiger partial charge in [-0.25, -0.2) is 0 Å². The highest BCUT2D eigenvalue weighted by molar-refractivity contribution is 7.19. The van der Waals surface area contributed by atoms with Crippen molar-refractivity contribution < 1.29 is 0 Å². The fraction of sp³-hybridized carbons (Fsp3) is 0.525. The van der Waals surface area contributed by atoms with Gasteiger partial charge in [0.2, 0.25) is 0 Å². The van der Waals surface area contributed by atoms with E-state index in [1.807, 2.05) is 79.4 Å². The predicted molar refractivity (Wildman–Crippen MR) is 613 cm³/mol.